The molecule has 1 aliphatic rings. The molecule has 1 heterocycles. The van der Waals surface area contributed by atoms with Crippen LogP contribution in [0.2, 0.25) is 5.02 Å². The van der Waals surface area contributed by atoms with E-state index < -0.39 is 5.97 Å². The minimum Gasteiger partial charge on any atom is -0.481 e. The summed E-state index contributed by atoms with van der Waals surface area (Å²) in [5.41, 5.74) is 7.41. The molecule has 3 N–H and O–H groups in total. The zero-order valence-corrected chi connectivity index (χ0v) is 21.6. The van der Waals surface area contributed by atoms with Crippen molar-refractivity contribution in [2.24, 2.45) is 0 Å². The molecule has 1 amide bonds. The van der Waals surface area contributed by atoms with E-state index in [1.54, 1.807) is 23.5 Å². The van der Waals surface area contributed by atoms with Crippen molar-refractivity contribution in [1.29, 1.82) is 0 Å². The van der Waals surface area contributed by atoms with E-state index in [0.717, 1.165) is 45.4 Å². The van der Waals surface area contributed by atoms with Crippen LogP contribution >= 0.6 is 22.9 Å². The van der Waals surface area contributed by atoms with E-state index in [4.69, 9.17) is 21.7 Å². The number of aliphatic carboxylic acids is 1. The number of carbonyl (C=O) groups is 2. The predicted octanol–water partition coefficient (Wildman–Crippen LogP) is 6.36. The molecule has 0 aliphatic heterocycles. The van der Waals surface area contributed by atoms with Gasteiger partial charge in [-0.15, -0.1) is 11.3 Å². The molecule has 3 aromatic carbocycles. The second kappa shape index (κ2) is 11.2. The van der Waals surface area contributed by atoms with Crippen molar-refractivity contribution >= 4 is 40.5 Å². The second-order valence-electron chi connectivity index (χ2n) is 9.03. The highest BCUT2D eigenvalue weighted by Crippen LogP contribution is 2.41. The molecule has 188 valence electrons. The Morgan fingerprint density at radius 2 is 1.84 bits per heavy atom. The van der Waals surface area contributed by atoms with Gasteiger partial charge in [0, 0.05) is 46.2 Å². The minimum atomic E-state index is -0.935. The molecule has 1 unspecified atom stereocenters. The number of carboxylic acid groups (broad SMARTS) is 1. The van der Waals surface area contributed by atoms with Crippen LogP contribution in [0.15, 0.2) is 72.1 Å². The lowest BCUT2D eigenvalue weighted by molar-refractivity contribution is -0.136. The van der Waals surface area contributed by atoms with Crippen molar-refractivity contribution < 1.29 is 14.7 Å². The highest BCUT2D eigenvalue weighted by Gasteiger charge is 2.26. The van der Waals surface area contributed by atoms with Crippen LogP contribution < -0.4 is 10.6 Å². The maximum atomic E-state index is 12.1. The SMILES string of the molecule is O=C(O)CCNC(=O)c1ccc(CNc2ccc3c(c2)CCC3c2nc(-c3ccc(Cl)cc3)cs2)cc1. The number of anilines is 1. The van der Waals surface area contributed by atoms with Crippen molar-refractivity contribution in [2.45, 2.75) is 31.7 Å². The lowest BCUT2D eigenvalue weighted by Gasteiger charge is -2.12. The van der Waals surface area contributed by atoms with Gasteiger partial charge in [-0.1, -0.05) is 41.9 Å². The average molecular weight is 532 g/mol. The molecule has 0 spiro atoms. The normalized spacial score (nSPS) is 14.2. The Kier molecular flexibility index (Phi) is 7.53. The van der Waals surface area contributed by atoms with E-state index in [2.05, 4.69) is 34.2 Å². The zero-order valence-electron chi connectivity index (χ0n) is 20.0. The molecule has 0 saturated carbocycles. The number of fused-ring (bicyclic) bond motifs is 1. The highest BCUT2D eigenvalue weighted by atomic mass is 35.5. The van der Waals surface area contributed by atoms with Gasteiger partial charge >= 0.3 is 5.97 Å². The van der Waals surface area contributed by atoms with Crippen molar-refractivity contribution in [3.63, 3.8) is 0 Å². The van der Waals surface area contributed by atoms with Gasteiger partial charge in [0.1, 0.15) is 5.01 Å². The highest BCUT2D eigenvalue weighted by molar-refractivity contribution is 7.10. The predicted molar refractivity (Wildman–Crippen MR) is 148 cm³/mol. The fraction of sp³-hybridized carbons (Fsp3) is 0.207. The number of aryl methyl sites for hydroxylation is 1. The number of nitrogens with zero attached hydrogens (tertiary/aromatic N) is 1. The number of rotatable bonds is 9. The summed E-state index contributed by atoms with van der Waals surface area (Å²) in [4.78, 5) is 27.6. The summed E-state index contributed by atoms with van der Waals surface area (Å²) in [6, 6.07) is 21.7. The Morgan fingerprint density at radius 3 is 2.59 bits per heavy atom. The molecular weight excluding hydrogens is 506 g/mol. The monoisotopic (exact) mass is 531 g/mol. The number of carboxylic acids is 1. The Labute approximate surface area is 224 Å². The van der Waals surface area contributed by atoms with E-state index in [-0.39, 0.29) is 18.9 Å². The van der Waals surface area contributed by atoms with Gasteiger partial charge in [-0.2, -0.15) is 0 Å². The largest absolute Gasteiger partial charge is 0.481 e. The molecular formula is C29H26ClN3O3S. The molecule has 0 radical (unpaired) electrons. The lowest BCUT2D eigenvalue weighted by atomic mass is 10.0. The third kappa shape index (κ3) is 6.01. The first-order valence-electron chi connectivity index (χ1n) is 12.1. The van der Waals surface area contributed by atoms with E-state index in [0.29, 0.717) is 18.0 Å². The van der Waals surface area contributed by atoms with Gasteiger partial charge in [-0.25, -0.2) is 4.98 Å². The maximum absolute atomic E-state index is 12.1. The maximum Gasteiger partial charge on any atom is 0.305 e. The molecule has 0 fully saturated rings. The summed E-state index contributed by atoms with van der Waals surface area (Å²) in [6.45, 7) is 0.753. The third-order valence-corrected chi connectivity index (χ3v) is 7.73. The molecule has 0 saturated heterocycles. The Hall–Kier alpha value is -3.68. The summed E-state index contributed by atoms with van der Waals surface area (Å²) >= 11 is 7.74. The first-order chi connectivity index (χ1) is 18.0. The Bertz CT molecular complexity index is 1420. The fourth-order valence-electron chi connectivity index (χ4n) is 4.55. The standard InChI is InChI=1S/C29H26ClN3O3S/c30-22-8-5-19(6-9-22)26-17-37-29(33-26)25-11-7-21-15-23(10-12-24(21)25)32-16-18-1-3-20(4-2-18)28(36)31-14-13-27(34)35/h1-6,8-10,12,15,17,25,32H,7,11,13-14,16H2,(H,31,36)(H,34,35). The van der Waals surface area contributed by atoms with Crippen LogP contribution in [0.5, 0.6) is 0 Å². The van der Waals surface area contributed by atoms with Crippen LogP contribution in [-0.2, 0) is 17.8 Å². The van der Waals surface area contributed by atoms with Gasteiger partial charge in [0.2, 0.25) is 0 Å². The van der Waals surface area contributed by atoms with E-state index in [9.17, 15) is 9.59 Å². The fourth-order valence-corrected chi connectivity index (χ4v) is 5.66. The summed E-state index contributed by atoms with van der Waals surface area (Å²) in [5, 5.41) is 18.8. The molecule has 4 aromatic rings. The van der Waals surface area contributed by atoms with Crippen molar-refractivity contribution in [2.75, 3.05) is 11.9 Å². The number of carbonyl (C=O) groups excluding carboxylic acids is 1. The molecule has 6 nitrogen and oxygen atoms in total. The summed E-state index contributed by atoms with van der Waals surface area (Å²) in [6.07, 6.45) is 1.99. The average Bonchev–Trinajstić information content (AvgIpc) is 3.55. The van der Waals surface area contributed by atoms with Crippen molar-refractivity contribution in [3.05, 3.63) is 104 Å². The van der Waals surface area contributed by atoms with E-state index >= 15 is 0 Å². The number of hydrogen-bond donors (Lipinski definition) is 3. The molecule has 37 heavy (non-hydrogen) atoms. The number of amides is 1. The smallest absolute Gasteiger partial charge is 0.305 e. The number of hydrogen-bond acceptors (Lipinski definition) is 5. The van der Waals surface area contributed by atoms with Crippen LogP contribution in [0.4, 0.5) is 5.69 Å². The number of nitrogens with one attached hydrogen (secondary N) is 2. The van der Waals surface area contributed by atoms with Crippen LogP contribution in [0, 0.1) is 0 Å². The lowest BCUT2D eigenvalue weighted by Crippen LogP contribution is -2.25. The van der Waals surface area contributed by atoms with Gasteiger partial charge in [-0.3, -0.25) is 9.59 Å². The van der Waals surface area contributed by atoms with Gasteiger partial charge in [0.15, 0.2) is 0 Å². The van der Waals surface area contributed by atoms with Crippen LogP contribution in [0.3, 0.4) is 0 Å². The summed E-state index contributed by atoms with van der Waals surface area (Å²) in [7, 11) is 0. The number of halogens is 1. The molecule has 8 heteroatoms. The van der Waals surface area contributed by atoms with Crippen LogP contribution in [0.25, 0.3) is 11.3 Å². The van der Waals surface area contributed by atoms with Gasteiger partial charge in [0.05, 0.1) is 12.1 Å². The van der Waals surface area contributed by atoms with Crippen LogP contribution in [-0.4, -0.2) is 28.5 Å². The number of benzene rings is 3. The van der Waals surface area contributed by atoms with Gasteiger partial charge in [-0.05, 0) is 65.9 Å². The second-order valence-corrected chi connectivity index (χ2v) is 10.4. The van der Waals surface area contributed by atoms with Crippen LogP contribution in [0.1, 0.15) is 50.8 Å². The first kappa shape index (κ1) is 25.0. The molecule has 1 aromatic heterocycles. The minimum absolute atomic E-state index is 0.0937. The quantitative estimate of drug-likeness (QED) is 0.234. The first-order valence-corrected chi connectivity index (χ1v) is 13.4. The number of aromatic nitrogens is 1. The molecule has 1 aliphatic carbocycles. The Balaban J connectivity index is 1.19. The van der Waals surface area contributed by atoms with Crippen molar-refractivity contribution in [1.82, 2.24) is 10.3 Å². The topological polar surface area (TPSA) is 91.3 Å². The van der Waals surface area contributed by atoms with Gasteiger partial charge < -0.3 is 15.7 Å². The summed E-state index contributed by atoms with van der Waals surface area (Å²) < 4.78 is 0. The zero-order chi connectivity index (χ0) is 25.8. The van der Waals surface area contributed by atoms with Gasteiger partial charge in [0.25, 0.3) is 5.91 Å². The Morgan fingerprint density at radius 1 is 1.05 bits per heavy atom. The molecule has 0 bridgehead atoms. The van der Waals surface area contributed by atoms with Crippen molar-refractivity contribution in [3.8, 4) is 11.3 Å². The molecule has 5 rings (SSSR count). The third-order valence-electron chi connectivity index (χ3n) is 6.52. The molecule has 1 atom stereocenters. The number of thiazole rings is 1. The summed E-state index contributed by atoms with van der Waals surface area (Å²) in [5.74, 6) is -0.881. The van der Waals surface area contributed by atoms with E-state index in [1.165, 1.54) is 11.1 Å². The van der Waals surface area contributed by atoms with E-state index in [1.807, 2.05) is 36.4 Å².